The van der Waals surface area contributed by atoms with Crippen molar-refractivity contribution in [2.24, 2.45) is 5.92 Å². The first kappa shape index (κ1) is 21.5. The minimum absolute atomic E-state index is 0.178. The predicted octanol–water partition coefficient (Wildman–Crippen LogP) is 2.24. The summed E-state index contributed by atoms with van der Waals surface area (Å²) in [6.45, 7) is 5.27. The van der Waals surface area contributed by atoms with Crippen molar-refractivity contribution in [1.82, 2.24) is 10.6 Å². The van der Waals surface area contributed by atoms with Gasteiger partial charge in [-0.1, -0.05) is 37.0 Å². The fourth-order valence-electron chi connectivity index (χ4n) is 2.60. The molecule has 1 fully saturated rings. The Morgan fingerprint density at radius 3 is 2.59 bits per heavy atom. The number of rotatable bonds is 7. The maximum Gasteiger partial charge on any atom is 0.552 e. The largest absolute Gasteiger partial charge is 0.552 e. The second-order valence-electron chi connectivity index (χ2n) is 6.69. The van der Waals surface area contributed by atoms with Gasteiger partial charge in [0.05, 0.1) is 23.1 Å². The molecule has 0 radical (unpaired) electrons. The summed E-state index contributed by atoms with van der Waals surface area (Å²) < 4.78 is 10.6. The van der Waals surface area contributed by atoms with Crippen LogP contribution in [0.1, 0.15) is 37.6 Å². The lowest BCUT2D eigenvalue weighted by Crippen LogP contribution is -2.50. The number of hydrogen-bond acceptors (Lipinski definition) is 5. The van der Waals surface area contributed by atoms with Crippen LogP contribution in [-0.4, -0.2) is 43.5 Å². The van der Waals surface area contributed by atoms with Crippen molar-refractivity contribution < 1.29 is 23.7 Å². The molecule has 0 aliphatic carbocycles. The van der Waals surface area contributed by atoms with E-state index in [0.29, 0.717) is 11.4 Å². The third-order valence-electron chi connectivity index (χ3n) is 3.89. The SMILES string of the molecule is CC(C)C[C@H](NC(=O)CNC(=O)c1cc(Cl)ccc1Cl)B1OC(=O)[C@H](C)O1. The van der Waals surface area contributed by atoms with Crippen LogP contribution in [0.25, 0.3) is 0 Å². The van der Waals surface area contributed by atoms with E-state index in [1.807, 2.05) is 13.8 Å². The van der Waals surface area contributed by atoms with Crippen molar-refractivity contribution in [2.75, 3.05) is 6.54 Å². The lowest BCUT2D eigenvalue weighted by atomic mass is 9.74. The van der Waals surface area contributed by atoms with Crippen LogP contribution in [0.3, 0.4) is 0 Å². The van der Waals surface area contributed by atoms with Crippen LogP contribution in [0.5, 0.6) is 0 Å². The molecule has 1 aromatic carbocycles. The Balaban J connectivity index is 1.94. The van der Waals surface area contributed by atoms with Crippen molar-refractivity contribution in [2.45, 2.75) is 39.2 Å². The normalized spacial score (nSPS) is 17.6. The average Bonchev–Trinajstić information content (AvgIpc) is 2.93. The molecule has 1 aliphatic heterocycles. The van der Waals surface area contributed by atoms with E-state index in [1.165, 1.54) is 12.1 Å². The number of halogens is 2. The van der Waals surface area contributed by atoms with E-state index in [2.05, 4.69) is 10.6 Å². The molecule has 0 spiro atoms. The number of benzene rings is 1. The minimum Gasteiger partial charge on any atom is -0.506 e. The molecule has 2 rings (SSSR count). The number of nitrogens with one attached hydrogen (secondary N) is 2. The molecule has 146 valence electrons. The monoisotopic (exact) mass is 414 g/mol. The van der Waals surface area contributed by atoms with Crippen LogP contribution in [0, 0.1) is 5.92 Å². The number of amides is 2. The van der Waals surface area contributed by atoms with Crippen LogP contribution in [0.15, 0.2) is 18.2 Å². The molecule has 2 N–H and O–H groups in total. The van der Waals surface area contributed by atoms with Crippen molar-refractivity contribution in [3.8, 4) is 0 Å². The molecule has 0 bridgehead atoms. The molecule has 7 nitrogen and oxygen atoms in total. The van der Waals surface area contributed by atoms with Crippen LogP contribution in [-0.2, 0) is 18.9 Å². The first-order valence-corrected chi connectivity index (χ1v) is 9.31. The number of carbonyl (C=O) groups excluding carboxylic acids is 3. The van der Waals surface area contributed by atoms with Gasteiger partial charge in [-0.15, -0.1) is 0 Å². The Bertz CT molecular complexity index is 731. The summed E-state index contributed by atoms with van der Waals surface area (Å²) in [5.41, 5.74) is 0.178. The molecule has 27 heavy (non-hydrogen) atoms. The van der Waals surface area contributed by atoms with Crippen molar-refractivity contribution >= 4 is 48.1 Å². The minimum atomic E-state index is -0.850. The Morgan fingerprint density at radius 1 is 1.30 bits per heavy atom. The second kappa shape index (κ2) is 9.44. The zero-order valence-electron chi connectivity index (χ0n) is 15.3. The highest BCUT2D eigenvalue weighted by molar-refractivity contribution is 6.51. The summed E-state index contributed by atoms with van der Waals surface area (Å²) in [5, 5.41) is 5.83. The zero-order chi connectivity index (χ0) is 20.1. The summed E-state index contributed by atoms with van der Waals surface area (Å²) in [6.07, 6.45) is -0.129. The molecular weight excluding hydrogens is 394 g/mol. The lowest BCUT2D eigenvalue weighted by molar-refractivity contribution is -0.135. The van der Waals surface area contributed by atoms with Gasteiger partial charge in [0.2, 0.25) is 5.91 Å². The Kier molecular flexibility index (Phi) is 7.53. The van der Waals surface area contributed by atoms with E-state index < -0.39 is 36.9 Å². The Morgan fingerprint density at radius 2 is 2.00 bits per heavy atom. The van der Waals surface area contributed by atoms with Crippen molar-refractivity contribution in [3.05, 3.63) is 33.8 Å². The van der Waals surface area contributed by atoms with Gasteiger partial charge in [-0.2, -0.15) is 0 Å². The second-order valence-corrected chi connectivity index (χ2v) is 7.54. The quantitative estimate of drug-likeness (QED) is 0.667. The van der Waals surface area contributed by atoms with Crippen molar-refractivity contribution in [3.63, 3.8) is 0 Å². The zero-order valence-corrected chi connectivity index (χ0v) is 16.8. The smallest absolute Gasteiger partial charge is 0.506 e. The van der Waals surface area contributed by atoms with Crippen molar-refractivity contribution in [1.29, 1.82) is 0 Å². The number of carbonyl (C=O) groups is 3. The fraction of sp³-hybridized carbons (Fsp3) is 0.471. The molecule has 0 aromatic heterocycles. The molecule has 1 saturated heterocycles. The molecule has 2 atom stereocenters. The summed E-state index contributed by atoms with van der Waals surface area (Å²) in [5.74, 6) is -1.71. The number of hydrogen-bond donors (Lipinski definition) is 2. The molecule has 0 unspecified atom stereocenters. The Labute approximate surface area is 168 Å². The molecule has 2 amide bonds. The first-order valence-electron chi connectivity index (χ1n) is 8.56. The topological polar surface area (TPSA) is 93.7 Å². The van der Waals surface area contributed by atoms with E-state index in [-0.39, 0.29) is 23.0 Å². The van der Waals surface area contributed by atoms with E-state index in [9.17, 15) is 14.4 Å². The van der Waals surface area contributed by atoms with Gasteiger partial charge >= 0.3 is 13.1 Å². The first-order chi connectivity index (χ1) is 12.7. The van der Waals surface area contributed by atoms with Gasteiger partial charge in [-0.3, -0.25) is 14.4 Å². The summed E-state index contributed by atoms with van der Waals surface area (Å²) >= 11 is 11.8. The maximum atomic E-state index is 12.3. The van der Waals surface area contributed by atoms with E-state index >= 15 is 0 Å². The third-order valence-corrected chi connectivity index (χ3v) is 4.45. The molecule has 1 aliphatic rings. The van der Waals surface area contributed by atoms with Gasteiger partial charge in [0.1, 0.15) is 6.10 Å². The highest BCUT2D eigenvalue weighted by Gasteiger charge is 2.44. The van der Waals surface area contributed by atoms with E-state index in [4.69, 9.17) is 32.5 Å². The fourth-order valence-corrected chi connectivity index (χ4v) is 2.98. The highest BCUT2D eigenvalue weighted by atomic mass is 35.5. The van der Waals surface area contributed by atoms with Gasteiger partial charge < -0.3 is 19.9 Å². The van der Waals surface area contributed by atoms with Gasteiger partial charge in [-0.25, -0.2) is 0 Å². The molecular formula is C17H21BCl2N2O5. The van der Waals surface area contributed by atoms with Crippen LogP contribution in [0.4, 0.5) is 0 Å². The summed E-state index contributed by atoms with van der Waals surface area (Å²) in [7, 11) is -0.850. The van der Waals surface area contributed by atoms with Gasteiger partial charge in [0.15, 0.2) is 0 Å². The van der Waals surface area contributed by atoms with Gasteiger partial charge in [0.25, 0.3) is 5.91 Å². The van der Waals surface area contributed by atoms with Crippen LogP contribution in [0.2, 0.25) is 10.0 Å². The highest BCUT2D eigenvalue weighted by Crippen LogP contribution is 2.20. The van der Waals surface area contributed by atoms with E-state index in [1.54, 1.807) is 13.0 Å². The maximum absolute atomic E-state index is 12.3. The van der Waals surface area contributed by atoms with Crippen LogP contribution < -0.4 is 10.6 Å². The molecule has 10 heteroatoms. The summed E-state index contributed by atoms with van der Waals surface area (Å²) in [6, 6.07) is 4.49. The third kappa shape index (κ3) is 6.12. The summed E-state index contributed by atoms with van der Waals surface area (Å²) in [4.78, 5) is 36.0. The predicted molar refractivity (Wildman–Crippen MR) is 103 cm³/mol. The van der Waals surface area contributed by atoms with Crippen LogP contribution >= 0.6 is 23.2 Å². The lowest BCUT2D eigenvalue weighted by Gasteiger charge is -2.21. The van der Waals surface area contributed by atoms with Gasteiger partial charge in [0, 0.05) is 5.02 Å². The molecule has 0 saturated carbocycles. The van der Waals surface area contributed by atoms with E-state index in [0.717, 1.165) is 0 Å². The van der Waals surface area contributed by atoms with Gasteiger partial charge in [-0.05, 0) is 37.5 Å². The Hall–Kier alpha value is -1.77. The molecule has 1 heterocycles. The average molecular weight is 415 g/mol. The standard InChI is InChI=1S/C17H21BCl2N2O5/c1-9(2)6-14(18-26-10(3)17(25)27-18)22-15(23)8-21-16(24)12-7-11(19)4-5-13(12)20/h4-5,7,9-10,14H,6,8H2,1-3H3,(H,21,24)(H,22,23)/t10-,14-/m0/s1. The molecule has 1 aromatic rings.